The van der Waals surface area contributed by atoms with Crippen molar-refractivity contribution in [3.63, 3.8) is 0 Å². The summed E-state index contributed by atoms with van der Waals surface area (Å²) < 4.78 is 0. The standard InChI is InChI=1S/C27H26NSi.C22H22N.Ir/c1-29(2,3)27-20-28-26(19-25(27)17-21-11-6-4-7-12-21)24-16-10-15-23(18-24)22-13-8-5-9-14-22;1-22(2,3)20-11-7-10-19(16-20)21-15-18(12-13-23-21)14-17-8-5-4-6-9-17;/h4-15,18-20H,17H2,1-3H3;4-9,11-13,15-16H,14H2,1-3H3;/q2*-1;. The quantitative estimate of drug-likeness (QED) is 0.112. The molecule has 0 saturated carbocycles. The van der Waals surface area contributed by atoms with Crippen LogP contribution in [0.5, 0.6) is 0 Å². The van der Waals surface area contributed by atoms with E-state index in [4.69, 9.17) is 4.98 Å². The van der Waals surface area contributed by atoms with E-state index in [1.165, 1.54) is 44.1 Å². The van der Waals surface area contributed by atoms with E-state index >= 15 is 0 Å². The number of aromatic nitrogens is 2. The van der Waals surface area contributed by atoms with Gasteiger partial charge in [-0.3, -0.25) is 0 Å². The molecular formula is C49H48IrN2Si-2. The van der Waals surface area contributed by atoms with Crippen molar-refractivity contribution in [2.24, 2.45) is 0 Å². The first-order valence-corrected chi connectivity index (χ1v) is 21.7. The SMILES string of the molecule is CC(C)(C)c1cc[c-]c(-c2cc(Cc3ccccc3)ccn2)c1.C[Si](C)(C)c1cnc(-c2[c-]ccc(-c3ccccc3)c2)cc1Cc1ccccc1.[Ir]. The Bertz CT molecular complexity index is 2200. The van der Waals surface area contributed by atoms with Gasteiger partial charge in [-0.05, 0) is 63.2 Å². The van der Waals surface area contributed by atoms with Crippen LogP contribution in [0.2, 0.25) is 19.6 Å². The summed E-state index contributed by atoms with van der Waals surface area (Å²) in [5.41, 5.74) is 13.3. The summed E-state index contributed by atoms with van der Waals surface area (Å²) in [5.74, 6) is 0. The predicted molar refractivity (Wildman–Crippen MR) is 223 cm³/mol. The maximum Gasteiger partial charge on any atom is 0.0799 e. The molecule has 0 N–H and O–H groups in total. The van der Waals surface area contributed by atoms with Crippen molar-refractivity contribution in [3.05, 3.63) is 198 Å². The molecule has 2 heterocycles. The molecule has 0 aliphatic heterocycles. The number of hydrogen-bond acceptors (Lipinski definition) is 2. The molecule has 0 aliphatic rings. The second kappa shape index (κ2) is 17.9. The molecule has 5 aromatic carbocycles. The van der Waals surface area contributed by atoms with Gasteiger partial charge in [-0.1, -0.05) is 149 Å². The van der Waals surface area contributed by atoms with E-state index in [9.17, 15) is 0 Å². The molecule has 0 atom stereocenters. The Hall–Kier alpha value is -4.73. The Morgan fingerprint density at radius 1 is 0.547 bits per heavy atom. The minimum absolute atomic E-state index is 0. The maximum atomic E-state index is 4.86. The minimum atomic E-state index is -1.49. The molecule has 0 amide bonds. The fourth-order valence-electron chi connectivity index (χ4n) is 6.35. The summed E-state index contributed by atoms with van der Waals surface area (Å²) in [5, 5.41) is 1.43. The van der Waals surface area contributed by atoms with Gasteiger partial charge in [0.15, 0.2) is 0 Å². The molecule has 0 fully saturated rings. The van der Waals surface area contributed by atoms with Crippen LogP contribution < -0.4 is 5.19 Å². The Morgan fingerprint density at radius 2 is 1.11 bits per heavy atom. The van der Waals surface area contributed by atoms with Gasteiger partial charge in [0.25, 0.3) is 0 Å². The zero-order chi connectivity index (χ0) is 36.6. The summed E-state index contributed by atoms with van der Waals surface area (Å²) in [6.07, 6.45) is 5.87. The van der Waals surface area contributed by atoms with Gasteiger partial charge < -0.3 is 9.97 Å². The van der Waals surface area contributed by atoms with Crippen molar-refractivity contribution in [1.82, 2.24) is 9.97 Å². The molecule has 53 heavy (non-hydrogen) atoms. The first-order valence-electron chi connectivity index (χ1n) is 18.2. The zero-order valence-electron chi connectivity index (χ0n) is 31.7. The molecule has 2 nitrogen and oxygen atoms in total. The Balaban J connectivity index is 0.000000206. The van der Waals surface area contributed by atoms with Crippen LogP contribution in [-0.4, -0.2) is 18.0 Å². The molecule has 2 aromatic heterocycles. The normalized spacial score (nSPS) is 11.2. The van der Waals surface area contributed by atoms with Crippen molar-refractivity contribution < 1.29 is 20.1 Å². The molecule has 0 bridgehead atoms. The number of rotatable bonds is 8. The van der Waals surface area contributed by atoms with Crippen molar-refractivity contribution >= 4 is 13.3 Å². The van der Waals surface area contributed by atoms with E-state index in [-0.39, 0.29) is 25.5 Å². The summed E-state index contributed by atoms with van der Waals surface area (Å²) >= 11 is 0. The van der Waals surface area contributed by atoms with Crippen LogP contribution in [-0.2, 0) is 38.4 Å². The molecular weight excluding hydrogens is 837 g/mol. The summed E-state index contributed by atoms with van der Waals surface area (Å²) in [4.78, 5) is 9.40. The van der Waals surface area contributed by atoms with E-state index in [0.717, 1.165) is 35.4 Å². The van der Waals surface area contributed by atoms with Gasteiger partial charge in [-0.2, -0.15) is 0 Å². The molecule has 1 radical (unpaired) electrons. The number of benzene rings is 5. The summed E-state index contributed by atoms with van der Waals surface area (Å²) in [7, 11) is -1.49. The zero-order valence-corrected chi connectivity index (χ0v) is 35.0. The fourth-order valence-corrected chi connectivity index (χ4v) is 7.93. The molecule has 0 unspecified atom stereocenters. The number of hydrogen-bond donors (Lipinski definition) is 0. The molecule has 0 aliphatic carbocycles. The fraction of sp³-hybridized carbons (Fsp3) is 0.184. The average molecular weight is 885 g/mol. The first-order chi connectivity index (χ1) is 25.0. The third kappa shape index (κ3) is 10.9. The maximum absolute atomic E-state index is 4.86. The van der Waals surface area contributed by atoms with Crippen LogP contribution in [0, 0.1) is 12.1 Å². The van der Waals surface area contributed by atoms with Crippen LogP contribution in [0.4, 0.5) is 0 Å². The van der Waals surface area contributed by atoms with Crippen molar-refractivity contribution in [1.29, 1.82) is 0 Å². The van der Waals surface area contributed by atoms with Gasteiger partial charge >= 0.3 is 0 Å². The van der Waals surface area contributed by atoms with E-state index < -0.39 is 8.07 Å². The summed E-state index contributed by atoms with van der Waals surface area (Å²) in [6.45, 7) is 13.9. The van der Waals surface area contributed by atoms with E-state index in [1.54, 1.807) is 0 Å². The molecule has 4 heteroatoms. The Kier molecular flexibility index (Phi) is 13.3. The van der Waals surface area contributed by atoms with E-state index in [0.29, 0.717) is 0 Å². The Morgan fingerprint density at radius 3 is 1.74 bits per heavy atom. The van der Waals surface area contributed by atoms with Crippen LogP contribution in [0.15, 0.2) is 158 Å². The number of nitrogens with zero attached hydrogens (tertiary/aromatic N) is 2. The largest absolute Gasteiger partial charge is 0.305 e. The molecule has 7 rings (SSSR count). The first kappa shape index (κ1) is 39.5. The van der Waals surface area contributed by atoms with Crippen LogP contribution in [0.3, 0.4) is 0 Å². The third-order valence-corrected chi connectivity index (χ3v) is 11.3. The number of pyridine rings is 2. The minimum Gasteiger partial charge on any atom is -0.305 e. The topological polar surface area (TPSA) is 25.8 Å². The smallest absolute Gasteiger partial charge is 0.0799 e. The van der Waals surface area contributed by atoms with Gasteiger partial charge in [-0.25, -0.2) is 0 Å². The molecule has 269 valence electrons. The Labute approximate surface area is 331 Å². The van der Waals surface area contributed by atoms with Gasteiger partial charge in [0.1, 0.15) is 0 Å². The van der Waals surface area contributed by atoms with E-state index in [1.807, 2.05) is 24.4 Å². The molecule has 7 aromatic rings. The van der Waals surface area contributed by atoms with Crippen LogP contribution in [0.25, 0.3) is 33.6 Å². The van der Waals surface area contributed by atoms with Gasteiger partial charge in [0.2, 0.25) is 0 Å². The van der Waals surface area contributed by atoms with Crippen molar-refractivity contribution in [2.45, 2.75) is 58.7 Å². The molecule has 0 spiro atoms. The third-order valence-electron chi connectivity index (χ3n) is 9.24. The second-order valence-electron chi connectivity index (χ2n) is 15.4. The van der Waals surface area contributed by atoms with Crippen molar-refractivity contribution in [2.75, 3.05) is 0 Å². The van der Waals surface area contributed by atoms with Crippen molar-refractivity contribution in [3.8, 4) is 33.6 Å². The van der Waals surface area contributed by atoms with Gasteiger partial charge in [0.05, 0.1) is 8.07 Å². The van der Waals surface area contributed by atoms with E-state index in [2.05, 4.69) is 191 Å². The van der Waals surface area contributed by atoms with Crippen LogP contribution in [0.1, 0.15) is 48.6 Å². The summed E-state index contributed by atoms with van der Waals surface area (Å²) in [6, 6.07) is 57.6. The van der Waals surface area contributed by atoms with Gasteiger partial charge in [0, 0.05) is 32.5 Å². The molecule has 0 saturated heterocycles. The second-order valence-corrected chi connectivity index (χ2v) is 20.5. The predicted octanol–water partition coefficient (Wildman–Crippen LogP) is 11.8. The van der Waals surface area contributed by atoms with Gasteiger partial charge in [-0.15, -0.1) is 70.8 Å². The monoisotopic (exact) mass is 885 g/mol. The van der Waals surface area contributed by atoms with Crippen LogP contribution >= 0.6 is 0 Å². The average Bonchev–Trinajstić information content (AvgIpc) is 3.16.